The van der Waals surface area contributed by atoms with Gasteiger partial charge < -0.3 is 24.3 Å². The van der Waals surface area contributed by atoms with Gasteiger partial charge in [0.15, 0.2) is 0 Å². The van der Waals surface area contributed by atoms with Crippen LogP contribution in [0.5, 0.6) is 6.01 Å². The lowest BCUT2D eigenvalue weighted by Gasteiger charge is -2.36. The summed E-state index contributed by atoms with van der Waals surface area (Å²) in [7, 11) is 1.52. The Morgan fingerprint density at radius 2 is 1.92 bits per heavy atom. The van der Waals surface area contributed by atoms with Gasteiger partial charge in [-0.25, -0.2) is 4.79 Å². The number of benzene rings is 2. The Bertz CT molecular complexity index is 1230. The van der Waals surface area contributed by atoms with E-state index in [9.17, 15) is 4.79 Å². The summed E-state index contributed by atoms with van der Waals surface area (Å²) in [6, 6.07) is 15.3. The van der Waals surface area contributed by atoms with Gasteiger partial charge in [-0.3, -0.25) is 0 Å². The summed E-state index contributed by atoms with van der Waals surface area (Å²) < 4.78 is 21.8. The van der Waals surface area contributed by atoms with Crippen LogP contribution in [0.4, 0.5) is 10.6 Å². The van der Waals surface area contributed by atoms with Crippen LogP contribution in [0, 0.1) is 0 Å². The first-order valence-corrected chi connectivity index (χ1v) is 12.8. The topological polar surface area (TPSA) is 91.8 Å². The number of carbonyl (C=O) groups excluding carboxylic acids is 1. The molecule has 0 aliphatic carbocycles. The minimum Gasteiger partial charge on any atom is -0.467 e. The van der Waals surface area contributed by atoms with Gasteiger partial charge in [0.05, 0.1) is 32.6 Å². The van der Waals surface area contributed by atoms with Crippen molar-refractivity contribution in [2.45, 2.75) is 31.8 Å². The molecule has 37 heavy (non-hydrogen) atoms. The number of nitrogens with one attached hydrogen (secondary N) is 1. The Balaban J connectivity index is 1.57. The molecule has 1 fully saturated rings. The molecule has 0 spiro atoms. The molecular formula is C27H29Cl2N3O5. The second kappa shape index (κ2) is 12.4. The largest absolute Gasteiger partial charge is 0.509 e. The van der Waals surface area contributed by atoms with Crippen LogP contribution in [0.2, 0.25) is 10.0 Å². The number of ether oxygens (including phenoxy) is 4. The number of carbonyl (C=O) groups is 1. The quantitative estimate of drug-likeness (QED) is 0.313. The number of anilines is 1. The van der Waals surface area contributed by atoms with Crippen LogP contribution >= 0.6 is 23.2 Å². The summed E-state index contributed by atoms with van der Waals surface area (Å²) in [5, 5.41) is 4.55. The molecule has 0 saturated carbocycles. The summed E-state index contributed by atoms with van der Waals surface area (Å²) in [6.07, 6.45) is 1.05. The van der Waals surface area contributed by atoms with Gasteiger partial charge in [-0.2, -0.15) is 9.97 Å². The molecule has 3 aromatic rings. The first kappa shape index (κ1) is 27.0. The zero-order valence-electron chi connectivity index (χ0n) is 20.8. The fourth-order valence-corrected chi connectivity index (χ4v) is 4.73. The molecule has 0 amide bonds. The van der Waals surface area contributed by atoms with Gasteiger partial charge in [0.1, 0.15) is 11.4 Å². The number of hydrogen-bond acceptors (Lipinski definition) is 8. The van der Waals surface area contributed by atoms with Gasteiger partial charge in [-0.05, 0) is 42.7 Å². The molecule has 0 unspecified atom stereocenters. The van der Waals surface area contributed by atoms with Crippen molar-refractivity contribution < 1.29 is 23.7 Å². The van der Waals surface area contributed by atoms with Crippen molar-refractivity contribution in [1.29, 1.82) is 0 Å². The average Bonchev–Trinajstić information content (AvgIpc) is 2.90. The van der Waals surface area contributed by atoms with Crippen LogP contribution in [0.25, 0.3) is 11.3 Å². The fourth-order valence-electron chi connectivity index (χ4n) is 4.22. The molecule has 1 aliphatic rings. The molecular weight excluding hydrogens is 517 g/mol. The molecule has 196 valence electrons. The highest BCUT2D eigenvalue weighted by Crippen LogP contribution is 2.38. The van der Waals surface area contributed by atoms with Gasteiger partial charge in [0.25, 0.3) is 0 Å². The van der Waals surface area contributed by atoms with E-state index in [2.05, 4.69) is 15.3 Å². The third kappa shape index (κ3) is 6.83. The Morgan fingerprint density at radius 1 is 1.11 bits per heavy atom. The predicted octanol–water partition coefficient (Wildman–Crippen LogP) is 6.29. The molecule has 2 heterocycles. The summed E-state index contributed by atoms with van der Waals surface area (Å²) >= 11 is 12.3. The van der Waals surface area contributed by atoms with E-state index in [1.807, 2.05) is 42.5 Å². The average molecular weight is 546 g/mol. The van der Waals surface area contributed by atoms with Gasteiger partial charge in [-0.15, -0.1) is 0 Å². The zero-order chi connectivity index (χ0) is 26.3. The maximum atomic E-state index is 12.3. The molecule has 10 heteroatoms. The smallest absolute Gasteiger partial charge is 0.467 e. The molecule has 1 aromatic heterocycles. The van der Waals surface area contributed by atoms with E-state index in [4.69, 9.17) is 42.1 Å². The number of aromatic nitrogens is 2. The van der Waals surface area contributed by atoms with Crippen LogP contribution in [0.15, 0.2) is 48.5 Å². The molecule has 0 bridgehead atoms. The Morgan fingerprint density at radius 3 is 2.65 bits per heavy atom. The van der Waals surface area contributed by atoms with E-state index in [0.717, 1.165) is 16.7 Å². The zero-order valence-corrected chi connectivity index (χ0v) is 22.3. The maximum Gasteiger partial charge on any atom is 0.509 e. The third-order valence-corrected chi connectivity index (χ3v) is 6.72. The number of halogens is 2. The van der Waals surface area contributed by atoms with Crippen LogP contribution in [0.1, 0.15) is 30.9 Å². The fraction of sp³-hybridized carbons (Fsp3) is 0.370. The van der Waals surface area contributed by atoms with Gasteiger partial charge in [0.2, 0.25) is 0 Å². The SMILES string of the molecule is CCOC(=O)OC1(c2cccc(-c3cc(NCCc4ccc(Cl)cc4Cl)nc(OC)n3)c2)CCOCC1. The van der Waals surface area contributed by atoms with E-state index in [1.165, 1.54) is 7.11 Å². The lowest BCUT2D eigenvalue weighted by Crippen LogP contribution is -2.38. The summed E-state index contributed by atoms with van der Waals surface area (Å²) in [5.41, 5.74) is 2.50. The van der Waals surface area contributed by atoms with Gasteiger partial charge in [-0.1, -0.05) is 47.5 Å². The lowest BCUT2D eigenvalue weighted by molar-refractivity contribution is -0.0965. The molecule has 1 saturated heterocycles. The Hall–Kier alpha value is -3.07. The first-order chi connectivity index (χ1) is 17.9. The highest BCUT2D eigenvalue weighted by atomic mass is 35.5. The minimum absolute atomic E-state index is 0.235. The van der Waals surface area contributed by atoms with Gasteiger partial charge >= 0.3 is 12.2 Å². The molecule has 0 atom stereocenters. The Labute approximate surface area is 226 Å². The second-order valence-electron chi connectivity index (χ2n) is 8.51. The Kier molecular flexibility index (Phi) is 9.08. The molecule has 4 rings (SSSR count). The van der Waals surface area contributed by atoms with E-state index in [0.29, 0.717) is 60.6 Å². The number of hydrogen-bond donors (Lipinski definition) is 1. The van der Waals surface area contributed by atoms with Crippen molar-refractivity contribution in [3.8, 4) is 17.3 Å². The van der Waals surface area contributed by atoms with Crippen molar-refractivity contribution in [2.75, 3.05) is 38.8 Å². The van der Waals surface area contributed by atoms with Crippen molar-refractivity contribution in [3.63, 3.8) is 0 Å². The molecule has 1 aliphatic heterocycles. The van der Waals surface area contributed by atoms with Crippen molar-refractivity contribution in [2.24, 2.45) is 0 Å². The standard InChI is InChI=1S/C27H29Cl2N3O5/c1-3-36-26(33)37-27(10-13-35-14-11-27)20-6-4-5-19(15-20)23-17-24(32-25(31-23)34-2)30-12-9-18-7-8-21(28)16-22(18)29/h4-8,15-17H,3,9-14H2,1-2H3,(H,30,31,32). The lowest BCUT2D eigenvalue weighted by atomic mass is 9.85. The van der Waals surface area contributed by atoms with Crippen molar-refractivity contribution in [1.82, 2.24) is 9.97 Å². The monoisotopic (exact) mass is 545 g/mol. The number of nitrogens with zero attached hydrogens (tertiary/aromatic N) is 2. The summed E-state index contributed by atoms with van der Waals surface area (Å²) in [4.78, 5) is 21.2. The summed E-state index contributed by atoms with van der Waals surface area (Å²) in [5.74, 6) is 0.612. The minimum atomic E-state index is -0.837. The van der Waals surface area contributed by atoms with Crippen LogP contribution in [0.3, 0.4) is 0 Å². The van der Waals surface area contributed by atoms with Crippen molar-refractivity contribution in [3.05, 3.63) is 69.7 Å². The van der Waals surface area contributed by atoms with E-state index >= 15 is 0 Å². The third-order valence-electron chi connectivity index (χ3n) is 6.13. The predicted molar refractivity (Wildman–Crippen MR) is 143 cm³/mol. The number of methoxy groups -OCH3 is 1. The molecule has 0 radical (unpaired) electrons. The molecule has 1 N–H and O–H groups in total. The van der Waals surface area contributed by atoms with E-state index in [-0.39, 0.29) is 12.6 Å². The highest BCUT2D eigenvalue weighted by Gasteiger charge is 2.39. The normalized spacial score (nSPS) is 14.6. The maximum absolute atomic E-state index is 12.3. The van der Waals surface area contributed by atoms with Crippen LogP contribution in [-0.4, -0.2) is 49.6 Å². The number of rotatable bonds is 9. The summed E-state index contributed by atoms with van der Waals surface area (Å²) in [6.45, 7) is 3.55. The molecule has 8 nitrogen and oxygen atoms in total. The van der Waals surface area contributed by atoms with E-state index < -0.39 is 11.8 Å². The van der Waals surface area contributed by atoms with Crippen LogP contribution < -0.4 is 10.1 Å². The van der Waals surface area contributed by atoms with E-state index in [1.54, 1.807) is 13.0 Å². The first-order valence-electron chi connectivity index (χ1n) is 12.1. The van der Waals surface area contributed by atoms with Crippen molar-refractivity contribution >= 4 is 35.2 Å². The highest BCUT2D eigenvalue weighted by molar-refractivity contribution is 6.35. The second-order valence-corrected chi connectivity index (χ2v) is 9.35. The molecule has 2 aromatic carbocycles. The van der Waals surface area contributed by atoms with Crippen LogP contribution in [-0.2, 0) is 26.2 Å². The van der Waals surface area contributed by atoms with Gasteiger partial charge in [0, 0.05) is 41.1 Å².